The number of thioether (sulfide) groups is 1. The highest BCUT2D eigenvalue weighted by atomic mass is 32.2. The topological polar surface area (TPSA) is 87.7 Å². The van der Waals surface area contributed by atoms with Gasteiger partial charge >= 0.3 is 6.03 Å². The fourth-order valence-corrected chi connectivity index (χ4v) is 3.15. The summed E-state index contributed by atoms with van der Waals surface area (Å²) < 4.78 is 5.80. The van der Waals surface area contributed by atoms with Crippen molar-refractivity contribution in [1.29, 1.82) is 0 Å². The van der Waals surface area contributed by atoms with E-state index in [4.69, 9.17) is 4.74 Å². The van der Waals surface area contributed by atoms with Crippen molar-refractivity contribution in [2.24, 2.45) is 0 Å². The molecule has 1 heterocycles. The van der Waals surface area contributed by atoms with Gasteiger partial charge in [0.05, 0.1) is 5.75 Å². The molecule has 25 heavy (non-hydrogen) atoms. The van der Waals surface area contributed by atoms with Gasteiger partial charge < -0.3 is 15.4 Å². The van der Waals surface area contributed by atoms with Crippen LogP contribution in [0.15, 0.2) is 24.3 Å². The number of carbonyl (C=O) groups is 3. The van der Waals surface area contributed by atoms with Crippen molar-refractivity contribution < 1.29 is 19.1 Å². The number of amides is 4. The Bertz CT molecular complexity index is 635. The van der Waals surface area contributed by atoms with Crippen molar-refractivity contribution in [3.05, 3.63) is 29.8 Å². The number of benzene rings is 1. The largest absolute Gasteiger partial charge is 0.471 e. The maximum Gasteiger partial charge on any atom is 0.317 e. The van der Waals surface area contributed by atoms with Crippen LogP contribution in [0.4, 0.5) is 9.59 Å². The molecular weight excluding hydrogens is 342 g/mol. The van der Waals surface area contributed by atoms with Crippen molar-refractivity contribution in [3.63, 3.8) is 0 Å². The van der Waals surface area contributed by atoms with Gasteiger partial charge in [-0.3, -0.25) is 14.5 Å². The van der Waals surface area contributed by atoms with Crippen molar-refractivity contribution in [1.82, 2.24) is 15.5 Å². The minimum atomic E-state index is -0.523. The molecule has 4 amide bonds. The number of carbonyl (C=O) groups excluding carboxylic acids is 3. The molecule has 0 aromatic heterocycles. The summed E-state index contributed by atoms with van der Waals surface area (Å²) in [6, 6.07) is 7.28. The number of hydrogen-bond donors (Lipinski definition) is 2. The lowest BCUT2D eigenvalue weighted by atomic mass is 10.0. The first-order valence-corrected chi connectivity index (χ1v) is 9.14. The Balaban J connectivity index is 1.77. The molecule has 7 nitrogen and oxygen atoms in total. The Labute approximate surface area is 151 Å². The van der Waals surface area contributed by atoms with Crippen LogP contribution in [-0.2, 0) is 4.79 Å². The predicted octanol–water partition coefficient (Wildman–Crippen LogP) is 2.53. The Morgan fingerprint density at radius 3 is 2.64 bits per heavy atom. The quantitative estimate of drug-likeness (QED) is 0.725. The third kappa shape index (κ3) is 5.38. The molecule has 0 bridgehead atoms. The standard InChI is InChI=1S/C17H23N3O4S/c1-11(2)13-6-4-5-7-14(13)24-12(3)19-16(22)18-8-9-20-15(21)10-25-17(20)23/h4-7,11-12H,8-10H2,1-3H3,(H2,18,19,22). The Morgan fingerprint density at radius 2 is 2.00 bits per heavy atom. The van der Waals surface area contributed by atoms with E-state index in [2.05, 4.69) is 24.5 Å². The summed E-state index contributed by atoms with van der Waals surface area (Å²) in [6.45, 7) is 6.25. The number of imide groups is 1. The monoisotopic (exact) mass is 365 g/mol. The Kier molecular flexibility index (Phi) is 6.69. The first-order valence-electron chi connectivity index (χ1n) is 8.15. The van der Waals surface area contributed by atoms with E-state index in [9.17, 15) is 14.4 Å². The number of ether oxygens (including phenoxy) is 1. The van der Waals surface area contributed by atoms with Gasteiger partial charge in [-0.25, -0.2) is 4.79 Å². The summed E-state index contributed by atoms with van der Waals surface area (Å²) in [5.41, 5.74) is 1.07. The second kappa shape index (κ2) is 8.75. The van der Waals surface area contributed by atoms with Gasteiger partial charge in [0.15, 0.2) is 6.23 Å². The zero-order chi connectivity index (χ0) is 18.4. The van der Waals surface area contributed by atoms with Crippen molar-refractivity contribution in [2.75, 3.05) is 18.8 Å². The minimum Gasteiger partial charge on any atom is -0.471 e. The number of nitrogens with zero attached hydrogens (tertiary/aromatic N) is 1. The lowest BCUT2D eigenvalue weighted by Gasteiger charge is -2.20. The van der Waals surface area contributed by atoms with E-state index in [1.807, 2.05) is 24.3 Å². The van der Waals surface area contributed by atoms with Crippen LogP contribution in [0.25, 0.3) is 0 Å². The molecule has 2 N–H and O–H groups in total. The number of urea groups is 1. The van der Waals surface area contributed by atoms with Crippen LogP contribution in [0.3, 0.4) is 0 Å². The van der Waals surface area contributed by atoms with Crippen LogP contribution in [0, 0.1) is 0 Å². The summed E-state index contributed by atoms with van der Waals surface area (Å²) in [4.78, 5) is 36.0. The molecule has 0 spiro atoms. The van der Waals surface area contributed by atoms with E-state index in [0.717, 1.165) is 28.0 Å². The second-order valence-electron chi connectivity index (χ2n) is 5.95. The Hall–Kier alpha value is -2.22. The molecule has 0 aliphatic carbocycles. The number of para-hydroxylation sites is 1. The van der Waals surface area contributed by atoms with Crippen molar-refractivity contribution in [3.8, 4) is 5.75 Å². The molecule has 1 aromatic carbocycles. The Morgan fingerprint density at radius 1 is 1.28 bits per heavy atom. The maximum atomic E-state index is 11.9. The van der Waals surface area contributed by atoms with Gasteiger partial charge in [-0.2, -0.15) is 0 Å². The molecule has 1 aliphatic rings. The van der Waals surface area contributed by atoms with Gasteiger partial charge in [-0.15, -0.1) is 0 Å². The lowest BCUT2D eigenvalue weighted by Crippen LogP contribution is -2.46. The predicted molar refractivity (Wildman–Crippen MR) is 96.7 cm³/mol. The third-order valence-corrected chi connectivity index (χ3v) is 4.50. The molecule has 1 fully saturated rings. The second-order valence-corrected chi connectivity index (χ2v) is 6.88. The maximum absolute atomic E-state index is 11.9. The van der Waals surface area contributed by atoms with Crippen LogP contribution in [-0.4, -0.2) is 47.1 Å². The summed E-state index contributed by atoms with van der Waals surface area (Å²) in [6.07, 6.45) is -0.523. The highest BCUT2D eigenvalue weighted by molar-refractivity contribution is 8.14. The smallest absolute Gasteiger partial charge is 0.317 e. The van der Waals surface area contributed by atoms with E-state index in [1.54, 1.807) is 6.92 Å². The molecule has 2 rings (SSSR count). The SMILES string of the molecule is CC(NC(=O)NCCN1C(=O)CSC1=O)Oc1ccccc1C(C)C. The average Bonchev–Trinajstić information content (AvgIpc) is 2.87. The molecule has 1 atom stereocenters. The van der Waals surface area contributed by atoms with E-state index in [0.29, 0.717) is 5.92 Å². The summed E-state index contributed by atoms with van der Waals surface area (Å²) in [5.74, 6) is 0.992. The van der Waals surface area contributed by atoms with Gasteiger partial charge in [0.25, 0.3) is 5.24 Å². The zero-order valence-electron chi connectivity index (χ0n) is 14.6. The molecule has 0 radical (unpaired) electrons. The first kappa shape index (κ1) is 19.1. The summed E-state index contributed by atoms with van der Waals surface area (Å²) in [5, 5.41) is 5.03. The first-order chi connectivity index (χ1) is 11.9. The molecular formula is C17H23N3O4S. The zero-order valence-corrected chi connectivity index (χ0v) is 15.4. The van der Waals surface area contributed by atoms with Crippen molar-refractivity contribution >= 4 is 28.9 Å². The fourth-order valence-electron chi connectivity index (χ4n) is 2.40. The molecule has 1 aromatic rings. The molecule has 1 saturated heterocycles. The van der Waals surface area contributed by atoms with E-state index >= 15 is 0 Å². The van der Waals surface area contributed by atoms with Crippen molar-refractivity contribution in [2.45, 2.75) is 32.9 Å². The minimum absolute atomic E-state index is 0.170. The highest BCUT2D eigenvalue weighted by Crippen LogP contribution is 2.26. The van der Waals surface area contributed by atoms with Gasteiger partial charge in [0, 0.05) is 13.1 Å². The molecule has 1 unspecified atom stereocenters. The number of hydrogen-bond acceptors (Lipinski definition) is 5. The van der Waals surface area contributed by atoms with Gasteiger partial charge in [-0.05, 0) is 24.5 Å². The van der Waals surface area contributed by atoms with Crippen LogP contribution < -0.4 is 15.4 Å². The third-order valence-electron chi connectivity index (χ3n) is 3.64. The van der Waals surface area contributed by atoms with Gasteiger partial charge in [0.2, 0.25) is 5.91 Å². The molecule has 1 aliphatic heterocycles. The summed E-state index contributed by atoms with van der Waals surface area (Å²) >= 11 is 0.977. The van der Waals surface area contributed by atoms with Crippen LogP contribution in [0.1, 0.15) is 32.3 Å². The highest BCUT2D eigenvalue weighted by Gasteiger charge is 2.29. The van der Waals surface area contributed by atoms with Crippen LogP contribution >= 0.6 is 11.8 Å². The fraction of sp³-hybridized carbons (Fsp3) is 0.471. The molecule has 8 heteroatoms. The normalized spacial score (nSPS) is 15.4. The van der Waals surface area contributed by atoms with Gasteiger partial charge in [0.1, 0.15) is 5.75 Å². The van der Waals surface area contributed by atoms with Gasteiger partial charge in [-0.1, -0.05) is 43.8 Å². The number of rotatable bonds is 7. The summed E-state index contributed by atoms with van der Waals surface area (Å²) in [7, 11) is 0. The molecule has 0 saturated carbocycles. The van der Waals surface area contributed by atoms with E-state index < -0.39 is 12.3 Å². The van der Waals surface area contributed by atoms with Crippen LogP contribution in [0.5, 0.6) is 5.75 Å². The average molecular weight is 365 g/mol. The van der Waals surface area contributed by atoms with E-state index in [-0.39, 0.29) is 30.0 Å². The number of nitrogens with one attached hydrogen (secondary N) is 2. The van der Waals surface area contributed by atoms with Crippen LogP contribution in [0.2, 0.25) is 0 Å². The van der Waals surface area contributed by atoms with E-state index in [1.165, 1.54) is 0 Å². The molecule has 136 valence electrons. The lowest BCUT2D eigenvalue weighted by molar-refractivity contribution is -0.124.